The van der Waals surface area contributed by atoms with Crippen LogP contribution in [0.1, 0.15) is 60.3 Å². The van der Waals surface area contributed by atoms with E-state index in [2.05, 4.69) is 13.8 Å². The van der Waals surface area contributed by atoms with E-state index in [4.69, 9.17) is 0 Å². The summed E-state index contributed by atoms with van der Waals surface area (Å²) in [5, 5.41) is 0. The lowest BCUT2D eigenvalue weighted by Crippen LogP contribution is -2.23. The molecular formula is C14H24O. The quantitative estimate of drug-likeness (QED) is 0.624. The molecule has 1 aliphatic rings. The summed E-state index contributed by atoms with van der Waals surface area (Å²) in [5.41, 5.74) is 2.69. The van der Waals surface area contributed by atoms with E-state index in [0.29, 0.717) is 18.1 Å². The molecule has 0 fully saturated rings. The Morgan fingerprint density at radius 3 is 2.47 bits per heavy atom. The van der Waals surface area contributed by atoms with Crippen molar-refractivity contribution >= 4 is 5.78 Å². The van der Waals surface area contributed by atoms with Crippen molar-refractivity contribution in [1.82, 2.24) is 0 Å². The number of carbonyl (C=O) groups excluding carboxylic acids is 1. The Kier molecular flexibility index (Phi) is 3.75. The Morgan fingerprint density at radius 1 is 1.40 bits per heavy atom. The summed E-state index contributed by atoms with van der Waals surface area (Å²) in [4.78, 5) is 12.0. The van der Waals surface area contributed by atoms with Gasteiger partial charge in [-0.1, -0.05) is 38.8 Å². The Bertz CT molecular complexity index is 278. The van der Waals surface area contributed by atoms with Crippen LogP contribution < -0.4 is 0 Å². The van der Waals surface area contributed by atoms with Crippen molar-refractivity contribution in [1.29, 1.82) is 0 Å². The SMILES string of the molecule is CC1=C(CC(=O)C(C)(C)C)C(C)CCC1. The molecule has 0 aromatic rings. The molecule has 86 valence electrons. The van der Waals surface area contributed by atoms with Gasteiger partial charge in [-0.25, -0.2) is 0 Å². The second-order valence-electron chi connectivity index (χ2n) is 5.95. The van der Waals surface area contributed by atoms with E-state index in [1.54, 1.807) is 0 Å². The highest BCUT2D eigenvalue weighted by molar-refractivity contribution is 5.85. The summed E-state index contributed by atoms with van der Waals surface area (Å²) in [6.45, 7) is 10.5. The predicted molar refractivity (Wildman–Crippen MR) is 64.8 cm³/mol. The molecule has 0 amide bonds. The summed E-state index contributed by atoms with van der Waals surface area (Å²) in [7, 11) is 0. The van der Waals surface area contributed by atoms with Crippen LogP contribution in [0.15, 0.2) is 11.1 Å². The largest absolute Gasteiger partial charge is 0.299 e. The van der Waals surface area contributed by atoms with Crippen LogP contribution in [0.25, 0.3) is 0 Å². The molecule has 0 bridgehead atoms. The molecule has 0 heterocycles. The molecule has 0 radical (unpaired) electrons. The van der Waals surface area contributed by atoms with E-state index in [9.17, 15) is 4.79 Å². The van der Waals surface area contributed by atoms with Gasteiger partial charge in [-0.2, -0.15) is 0 Å². The van der Waals surface area contributed by atoms with Gasteiger partial charge in [0, 0.05) is 11.8 Å². The highest BCUT2D eigenvalue weighted by atomic mass is 16.1. The van der Waals surface area contributed by atoms with Gasteiger partial charge in [0.1, 0.15) is 5.78 Å². The zero-order chi connectivity index (χ0) is 11.6. The minimum absolute atomic E-state index is 0.190. The highest BCUT2D eigenvalue weighted by Gasteiger charge is 2.25. The van der Waals surface area contributed by atoms with Gasteiger partial charge >= 0.3 is 0 Å². The zero-order valence-electron chi connectivity index (χ0n) is 10.8. The normalized spacial score (nSPS) is 23.1. The number of Topliss-reactive ketones (excluding diaryl/α,β-unsaturated/α-hetero) is 1. The molecule has 0 aromatic carbocycles. The molecule has 1 unspecified atom stereocenters. The average molecular weight is 208 g/mol. The van der Waals surface area contributed by atoms with Crippen molar-refractivity contribution in [3.63, 3.8) is 0 Å². The van der Waals surface area contributed by atoms with Gasteiger partial charge in [-0.05, 0) is 32.1 Å². The first-order valence-electron chi connectivity index (χ1n) is 6.04. The fourth-order valence-corrected chi connectivity index (χ4v) is 2.19. The molecule has 1 atom stereocenters. The molecular weight excluding hydrogens is 184 g/mol. The monoisotopic (exact) mass is 208 g/mol. The summed E-state index contributed by atoms with van der Waals surface area (Å²) in [5.74, 6) is 0.996. The average Bonchev–Trinajstić information content (AvgIpc) is 2.09. The van der Waals surface area contributed by atoms with Gasteiger partial charge in [-0.15, -0.1) is 0 Å². The molecule has 0 aliphatic heterocycles. The van der Waals surface area contributed by atoms with E-state index >= 15 is 0 Å². The lowest BCUT2D eigenvalue weighted by Gasteiger charge is -2.26. The molecule has 0 N–H and O–H groups in total. The standard InChI is InChI=1S/C14H24O/c1-10-7-6-8-11(2)12(10)9-13(15)14(3,4)5/h10H,6-9H2,1-5H3. The minimum Gasteiger partial charge on any atom is -0.299 e. The van der Waals surface area contributed by atoms with Crippen molar-refractivity contribution in [3.05, 3.63) is 11.1 Å². The molecule has 1 heteroatoms. The van der Waals surface area contributed by atoms with E-state index in [-0.39, 0.29) is 5.41 Å². The zero-order valence-corrected chi connectivity index (χ0v) is 10.8. The number of hydrogen-bond donors (Lipinski definition) is 0. The fourth-order valence-electron chi connectivity index (χ4n) is 2.19. The lowest BCUT2D eigenvalue weighted by molar-refractivity contribution is -0.125. The third kappa shape index (κ3) is 3.19. The lowest BCUT2D eigenvalue weighted by atomic mass is 9.78. The maximum absolute atomic E-state index is 12.0. The third-order valence-electron chi connectivity index (χ3n) is 3.52. The number of hydrogen-bond acceptors (Lipinski definition) is 1. The molecule has 0 spiro atoms. The number of allylic oxidation sites excluding steroid dienone is 2. The van der Waals surface area contributed by atoms with Gasteiger partial charge in [0.05, 0.1) is 0 Å². The first-order valence-corrected chi connectivity index (χ1v) is 6.04. The highest BCUT2D eigenvalue weighted by Crippen LogP contribution is 2.33. The van der Waals surface area contributed by atoms with Crippen molar-refractivity contribution < 1.29 is 4.79 Å². The number of rotatable bonds is 2. The van der Waals surface area contributed by atoms with Crippen LogP contribution in [-0.4, -0.2) is 5.78 Å². The third-order valence-corrected chi connectivity index (χ3v) is 3.52. The van der Waals surface area contributed by atoms with Crippen LogP contribution in [-0.2, 0) is 4.79 Å². The fraction of sp³-hybridized carbons (Fsp3) is 0.786. The molecule has 1 rings (SSSR count). The molecule has 0 saturated heterocycles. The minimum atomic E-state index is -0.190. The Hall–Kier alpha value is -0.590. The van der Waals surface area contributed by atoms with Crippen LogP contribution in [0, 0.1) is 11.3 Å². The summed E-state index contributed by atoms with van der Waals surface area (Å²) < 4.78 is 0. The number of carbonyl (C=O) groups is 1. The van der Waals surface area contributed by atoms with Crippen LogP contribution >= 0.6 is 0 Å². The summed E-state index contributed by atoms with van der Waals surface area (Å²) in [6.07, 6.45) is 4.41. The topological polar surface area (TPSA) is 17.1 Å². The Morgan fingerprint density at radius 2 is 2.00 bits per heavy atom. The van der Waals surface area contributed by atoms with Crippen LogP contribution in [0.2, 0.25) is 0 Å². The van der Waals surface area contributed by atoms with Crippen molar-refractivity contribution in [2.45, 2.75) is 60.3 Å². The first kappa shape index (κ1) is 12.5. The Labute approximate surface area is 93.9 Å². The van der Waals surface area contributed by atoms with Gasteiger partial charge in [0.25, 0.3) is 0 Å². The van der Waals surface area contributed by atoms with Crippen molar-refractivity contribution in [2.75, 3.05) is 0 Å². The second-order valence-corrected chi connectivity index (χ2v) is 5.95. The van der Waals surface area contributed by atoms with Crippen molar-refractivity contribution in [2.24, 2.45) is 11.3 Å². The van der Waals surface area contributed by atoms with Crippen molar-refractivity contribution in [3.8, 4) is 0 Å². The van der Waals surface area contributed by atoms with Crippen LogP contribution in [0.3, 0.4) is 0 Å². The van der Waals surface area contributed by atoms with E-state index in [1.165, 1.54) is 30.4 Å². The molecule has 15 heavy (non-hydrogen) atoms. The van der Waals surface area contributed by atoms with Gasteiger partial charge in [0.2, 0.25) is 0 Å². The van der Waals surface area contributed by atoms with Gasteiger partial charge < -0.3 is 0 Å². The molecule has 1 aliphatic carbocycles. The smallest absolute Gasteiger partial charge is 0.142 e. The van der Waals surface area contributed by atoms with E-state index in [0.717, 1.165) is 0 Å². The maximum Gasteiger partial charge on any atom is 0.142 e. The van der Waals surface area contributed by atoms with E-state index < -0.39 is 0 Å². The molecule has 0 aromatic heterocycles. The van der Waals surface area contributed by atoms with Crippen LogP contribution in [0.5, 0.6) is 0 Å². The van der Waals surface area contributed by atoms with Crippen LogP contribution in [0.4, 0.5) is 0 Å². The first-order chi connectivity index (χ1) is 6.82. The predicted octanol–water partition coefficient (Wildman–Crippen LogP) is 4.13. The molecule has 0 saturated carbocycles. The Balaban J connectivity index is 2.76. The van der Waals surface area contributed by atoms with Gasteiger partial charge in [-0.3, -0.25) is 4.79 Å². The summed E-state index contributed by atoms with van der Waals surface area (Å²) in [6, 6.07) is 0. The number of ketones is 1. The maximum atomic E-state index is 12.0. The van der Waals surface area contributed by atoms with Gasteiger partial charge in [0.15, 0.2) is 0 Å². The van der Waals surface area contributed by atoms with E-state index in [1.807, 2.05) is 20.8 Å². The second kappa shape index (κ2) is 4.51. The summed E-state index contributed by atoms with van der Waals surface area (Å²) >= 11 is 0. The molecule has 1 nitrogen and oxygen atoms in total.